The summed E-state index contributed by atoms with van der Waals surface area (Å²) >= 11 is 0. The molecule has 0 amide bonds. The maximum absolute atomic E-state index is 14.0. The summed E-state index contributed by atoms with van der Waals surface area (Å²) in [6.07, 6.45) is 17.8. The number of rotatable bonds is 17. The molecule has 1 aliphatic carbocycles. The first-order chi connectivity index (χ1) is 21.7. The summed E-state index contributed by atoms with van der Waals surface area (Å²) in [6, 6.07) is 7.85. The second-order valence-electron chi connectivity index (χ2n) is 13.2. The minimum Gasteiger partial charge on any atom is -0.508 e. The van der Waals surface area contributed by atoms with Gasteiger partial charge in [0.05, 0.1) is 6.04 Å². The van der Waals surface area contributed by atoms with Crippen LogP contribution >= 0.6 is 0 Å². The first-order valence-corrected chi connectivity index (χ1v) is 18.0. The van der Waals surface area contributed by atoms with Crippen molar-refractivity contribution < 1.29 is 9.50 Å². The summed E-state index contributed by atoms with van der Waals surface area (Å²) in [6.45, 7) is 35.5. The van der Waals surface area contributed by atoms with E-state index in [9.17, 15) is 9.50 Å². The van der Waals surface area contributed by atoms with Crippen LogP contribution in [-0.4, -0.2) is 22.9 Å². The molecule has 3 nitrogen and oxygen atoms in total. The molecule has 0 bridgehead atoms. The maximum Gasteiger partial charge on any atom is 0.129 e. The predicted octanol–water partition coefficient (Wildman–Crippen LogP) is 13.1. The van der Waals surface area contributed by atoms with Crippen LogP contribution in [0.3, 0.4) is 0 Å². The number of halogens is 1. The van der Waals surface area contributed by atoms with Crippen molar-refractivity contribution in [3.63, 3.8) is 0 Å². The van der Waals surface area contributed by atoms with Crippen molar-refractivity contribution in [2.45, 2.75) is 158 Å². The zero-order chi connectivity index (χ0) is 35.7. The number of aliphatic hydroxyl groups is 1. The Hall–Kier alpha value is -2.75. The molecule has 2 rings (SSSR count). The van der Waals surface area contributed by atoms with Crippen LogP contribution in [0, 0.1) is 11.8 Å². The van der Waals surface area contributed by atoms with E-state index >= 15 is 0 Å². The number of nitrogens with one attached hydrogen (secondary N) is 2. The van der Waals surface area contributed by atoms with E-state index in [4.69, 9.17) is 0 Å². The fourth-order valence-electron chi connectivity index (χ4n) is 5.52. The molecule has 1 aliphatic rings. The Morgan fingerprint density at radius 3 is 2.00 bits per heavy atom. The molecule has 0 aliphatic heterocycles. The standard InChI is InChI=1S/C15H26FN.C14H29N.C11H12O.C2H6/c1-11(2)14(15(4,5)16)17-12(3)10-13-8-6-7-9-13;1-6-8-10-12(3)14(5)15-13(4)11-9-7-2;1-3-6-10-7-4-5-8-11(10)9(2)12;1-2/h13-14,17H,1,3,6-10H2,2,4-5H3;12-13,15H,5-11H2,1-4H3;3-8,12H,2H2,1H3;1-2H3/b;;6-3-;. The van der Waals surface area contributed by atoms with Crippen molar-refractivity contribution in [1.82, 2.24) is 10.6 Å². The van der Waals surface area contributed by atoms with Crippen molar-refractivity contribution >= 4 is 11.8 Å². The zero-order valence-corrected chi connectivity index (χ0v) is 31.7. The van der Waals surface area contributed by atoms with E-state index in [1.807, 2.05) is 64.1 Å². The van der Waals surface area contributed by atoms with Crippen molar-refractivity contribution in [1.29, 1.82) is 0 Å². The van der Waals surface area contributed by atoms with Gasteiger partial charge in [-0.15, -0.1) is 0 Å². The number of alkyl halides is 1. The van der Waals surface area contributed by atoms with Gasteiger partial charge in [-0.2, -0.15) is 0 Å². The molecule has 4 heteroatoms. The quantitative estimate of drug-likeness (QED) is 0.117. The van der Waals surface area contributed by atoms with E-state index in [-0.39, 0.29) is 11.8 Å². The fraction of sp³-hybridized carbons (Fsp3) is 0.619. The van der Waals surface area contributed by atoms with Crippen molar-refractivity contribution in [2.24, 2.45) is 11.8 Å². The molecule has 1 aromatic rings. The van der Waals surface area contributed by atoms with E-state index in [1.165, 1.54) is 69.9 Å². The average molecular weight is 641 g/mol. The number of aliphatic hydroxyl groups excluding tert-OH is 1. The lowest BCUT2D eigenvalue weighted by Gasteiger charge is -2.30. The van der Waals surface area contributed by atoms with Crippen LogP contribution in [0.15, 0.2) is 73.6 Å². The van der Waals surface area contributed by atoms with Crippen molar-refractivity contribution in [3.8, 4) is 0 Å². The summed E-state index contributed by atoms with van der Waals surface area (Å²) < 4.78 is 14.0. The molecule has 3 atom stereocenters. The average Bonchev–Trinajstić information content (AvgIpc) is 3.52. The van der Waals surface area contributed by atoms with Crippen LogP contribution in [-0.2, 0) is 0 Å². The van der Waals surface area contributed by atoms with E-state index in [0.717, 1.165) is 34.7 Å². The monoisotopic (exact) mass is 641 g/mol. The molecule has 1 saturated carbocycles. The van der Waals surface area contributed by atoms with E-state index in [1.54, 1.807) is 13.8 Å². The molecule has 0 spiro atoms. The van der Waals surface area contributed by atoms with Gasteiger partial charge < -0.3 is 15.7 Å². The lowest BCUT2D eigenvalue weighted by molar-refractivity contribution is 0.173. The number of hydrogen-bond acceptors (Lipinski definition) is 3. The van der Waals surface area contributed by atoms with Crippen LogP contribution < -0.4 is 10.6 Å². The SMILES string of the molecule is C=C(CC1CCCC1)NC(C(=C)C)C(C)(C)F.C=C(NC(C)CCCC)C(C)CCCC.C=C(O)c1ccccc1/C=C\C.CC. The molecular weight excluding hydrogens is 567 g/mol. The van der Waals surface area contributed by atoms with Crippen molar-refractivity contribution in [3.05, 3.63) is 84.8 Å². The molecule has 0 radical (unpaired) electrons. The molecular formula is C42H73FN2O. The maximum atomic E-state index is 14.0. The molecule has 1 fully saturated rings. The molecule has 3 unspecified atom stereocenters. The predicted molar refractivity (Wildman–Crippen MR) is 207 cm³/mol. The summed E-state index contributed by atoms with van der Waals surface area (Å²) in [7, 11) is 0. The van der Waals surface area contributed by atoms with Gasteiger partial charge in [0.15, 0.2) is 0 Å². The van der Waals surface area contributed by atoms with Crippen LogP contribution in [0.5, 0.6) is 0 Å². The normalized spacial score (nSPS) is 14.7. The molecule has 46 heavy (non-hydrogen) atoms. The van der Waals surface area contributed by atoms with Crippen LogP contribution in [0.1, 0.15) is 151 Å². The summed E-state index contributed by atoms with van der Waals surface area (Å²) in [5.74, 6) is 1.47. The third-order valence-electron chi connectivity index (χ3n) is 8.16. The topological polar surface area (TPSA) is 44.3 Å². The highest BCUT2D eigenvalue weighted by Gasteiger charge is 2.30. The van der Waals surface area contributed by atoms with Gasteiger partial charge in [0.1, 0.15) is 11.4 Å². The summed E-state index contributed by atoms with van der Waals surface area (Å²) in [5, 5.41) is 15.9. The van der Waals surface area contributed by atoms with Gasteiger partial charge in [-0.1, -0.05) is 154 Å². The molecule has 1 aromatic carbocycles. The van der Waals surface area contributed by atoms with Gasteiger partial charge in [0.25, 0.3) is 0 Å². The zero-order valence-electron chi connectivity index (χ0n) is 31.7. The number of allylic oxidation sites excluding steroid dienone is 3. The van der Waals surface area contributed by atoms with Gasteiger partial charge in [-0.25, -0.2) is 4.39 Å². The van der Waals surface area contributed by atoms with Gasteiger partial charge in [-0.3, -0.25) is 0 Å². The molecule has 264 valence electrons. The van der Waals surface area contributed by atoms with Gasteiger partial charge >= 0.3 is 0 Å². The second-order valence-corrected chi connectivity index (χ2v) is 13.2. The first kappa shape index (κ1) is 45.4. The Morgan fingerprint density at radius 1 is 0.978 bits per heavy atom. The third-order valence-corrected chi connectivity index (χ3v) is 8.16. The number of hydrogen-bond donors (Lipinski definition) is 3. The molecule has 0 saturated heterocycles. The second kappa shape index (κ2) is 26.3. The Labute approximate surface area is 285 Å². The molecule has 3 N–H and O–H groups in total. The van der Waals surface area contributed by atoms with Crippen LogP contribution in [0.25, 0.3) is 11.8 Å². The highest BCUT2D eigenvalue weighted by molar-refractivity contribution is 5.68. The summed E-state index contributed by atoms with van der Waals surface area (Å²) in [5.41, 5.74) is 3.49. The smallest absolute Gasteiger partial charge is 0.129 e. The largest absolute Gasteiger partial charge is 0.508 e. The first-order valence-electron chi connectivity index (χ1n) is 18.0. The van der Waals surface area contributed by atoms with Crippen LogP contribution in [0.4, 0.5) is 4.39 Å². The Bertz CT molecular complexity index is 1010. The van der Waals surface area contributed by atoms with Gasteiger partial charge in [-0.05, 0) is 71.3 Å². The summed E-state index contributed by atoms with van der Waals surface area (Å²) in [4.78, 5) is 0. The lowest BCUT2D eigenvalue weighted by atomic mass is 9.93. The molecule has 0 heterocycles. The van der Waals surface area contributed by atoms with Crippen molar-refractivity contribution in [2.75, 3.05) is 0 Å². The van der Waals surface area contributed by atoms with E-state index in [2.05, 4.69) is 64.6 Å². The highest BCUT2D eigenvalue weighted by Crippen LogP contribution is 2.30. The number of benzene rings is 1. The minimum atomic E-state index is -1.30. The highest BCUT2D eigenvalue weighted by atomic mass is 19.1. The van der Waals surface area contributed by atoms with E-state index in [0.29, 0.717) is 12.0 Å². The van der Waals surface area contributed by atoms with Gasteiger partial charge in [0, 0.05) is 23.0 Å². The third kappa shape index (κ3) is 21.1. The Morgan fingerprint density at radius 2 is 1.52 bits per heavy atom. The lowest BCUT2D eigenvalue weighted by Crippen LogP contribution is -2.44. The van der Waals surface area contributed by atoms with Gasteiger partial charge in [0.2, 0.25) is 0 Å². The molecule has 0 aromatic heterocycles. The Balaban J connectivity index is 0. The number of unbranched alkanes of at least 4 members (excludes halogenated alkanes) is 2. The minimum absolute atomic E-state index is 0.115. The Kier molecular flexibility index (Phi) is 26.0. The fourth-order valence-corrected chi connectivity index (χ4v) is 5.52. The van der Waals surface area contributed by atoms with Crippen LogP contribution in [0.2, 0.25) is 0 Å². The van der Waals surface area contributed by atoms with E-state index < -0.39 is 5.67 Å².